The Morgan fingerprint density at radius 1 is 1.35 bits per heavy atom. The Hall–Kier alpha value is -0.380. The van der Waals surface area contributed by atoms with Gasteiger partial charge in [0.2, 0.25) is 0 Å². The Kier molecular flexibility index (Phi) is 5.01. The monoisotopic (exact) mass is 298 g/mol. The summed E-state index contributed by atoms with van der Waals surface area (Å²) in [5.41, 5.74) is 1.19. The van der Waals surface area contributed by atoms with Crippen LogP contribution in [0, 0.1) is 0 Å². The highest BCUT2D eigenvalue weighted by molar-refractivity contribution is 9.10. The molecule has 0 amide bonds. The van der Waals surface area contributed by atoms with Gasteiger partial charge in [-0.3, -0.25) is 0 Å². The fraction of sp³-hybridized carbons (Fsp3) is 0.571. The van der Waals surface area contributed by atoms with E-state index in [9.17, 15) is 5.11 Å². The maximum atomic E-state index is 9.96. The lowest BCUT2D eigenvalue weighted by molar-refractivity contribution is 0.0813. The first-order valence-corrected chi connectivity index (χ1v) is 7.07. The first-order valence-electron chi connectivity index (χ1n) is 6.28. The molecule has 0 bridgehead atoms. The fourth-order valence-corrected chi connectivity index (χ4v) is 2.51. The van der Waals surface area contributed by atoms with Gasteiger partial charge in [-0.1, -0.05) is 28.1 Å². The van der Waals surface area contributed by atoms with Crippen molar-refractivity contribution in [1.82, 2.24) is 0 Å². The highest BCUT2D eigenvalue weighted by Gasteiger charge is 2.17. The highest BCUT2D eigenvalue weighted by Crippen LogP contribution is 2.19. The maximum Gasteiger partial charge on any atom is 0.0581 e. The minimum atomic E-state index is -0.250. The molecule has 1 N–H and O–H groups in total. The van der Waals surface area contributed by atoms with Gasteiger partial charge in [0.05, 0.1) is 12.2 Å². The average Bonchev–Trinajstić information content (AvgIpc) is 2.83. The van der Waals surface area contributed by atoms with E-state index in [-0.39, 0.29) is 6.10 Å². The van der Waals surface area contributed by atoms with Crippen LogP contribution in [-0.4, -0.2) is 23.9 Å². The summed E-state index contributed by atoms with van der Waals surface area (Å²) in [6.45, 7) is 0.896. The molecule has 94 valence electrons. The van der Waals surface area contributed by atoms with Crippen LogP contribution >= 0.6 is 15.9 Å². The van der Waals surface area contributed by atoms with Crippen LogP contribution in [0.3, 0.4) is 0 Å². The van der Waals surface area contributed by atoms with Crippen molar-refractivity contribution in [1.29, 1.82) is 0 Å². The molecular formula is C14H19BrO2. The zero-order valence-electron chi connectivity index (χ0n) is 9.94. The third-order valence-corrected chi connectivity index (χ3v) is 3.76. The van der Waals surface area contributed by atoms with E-state index in [0.29, 0.717) is 6.10 Å². The Morgan fingerprint density at radius 2 is 2.12 bits per heavy atom. The Balaban J connectivity index is 1.72. The number of aliphatic hydroxyl groups excluding tert-OH is 1. The highest BCUT2D eigenvalue weighted by atomic mass is 79.9. The molecule has 2 nitrogen and oxygen atoms in total. The van der Waals surface area contributed by atoms with Crippen LogP contribution in [0.2, 0.25) is 0 Å². The van der Waals surface area contributed by atoms with Crippen LogP contribution in [0.5, 0.6) is 0 Å². The Morgan fingerprint density at radius 3 is 2.76 bits per heavy atom. The zero-order chi connectivity index (χ0) is 12.1. The lowest BCUT2D eigenvalue weighted by Gasteiger charge is -2.13. The Labute approximate surface area is 111 Å². The molecule has 2 atom stereocenters. The van der Waals surface area contributed by atoms with Gasteiger partial charge in [-0.25, -0.2) is 0 Å². The molecule has 0 spiro atoms. The number of benzene rings is 1. The lowest BCUT2D eigenvalue weighted by Crippen LogP contribution is -2.14. The van der Waals surface area contributed by atoms with E-state index in [1.165, 1.54) is 12.0 Å². The predicted octanol–water partition coefficient (Wildman–Crippen LogP) is 3.31. The van der Waals surface area contributed by atoms with Crippen molar-refractivity contribution in [3.05, 3.63) is 34.3 Å². The largest absolute Gasteiger partial charge is 0.393 e. The average molecular weight is 299 g/mol. The summed E-state index contributed by atoms with van der Waals surface area (Å²) in [6.07, 6.45) is 5.02. The van der Waals surface area contributed by atoms with Crippen molar-refractivity contribution in [2.24, 2.45) is 0 Å². The van der Waals surface area contributed by atoms with E-state index in [1.54, 1.807) is 0 Å². The molecule has 0 aliphatic carbocycles. The van der Waals surface area contributed by atoms with E-state index >= 15 is 0 Å². The van der Waals surface area contributed by atoms with Crippen LogP contribution < -0.4 is 0 Å². The van der Waals surface area contributed by atoms with Gasteiger partial charge in [-0.2, -0.15) is 0 Å². The van der Waals surface area contributed by atoms with Crippen molar-refractivity contribution in [3.63, 3.8) is 0 Å². The first-order chi connectivity index (χ1) is 8.24. The molecule has 17 heavy (non-hydrogen) atoms. The van der Waals surface area contributed by atoms with Crippen LogP contribution in [0.4, 0.5) is 0 Å². The van der Waals surface area contributed by atoms with Crippen molar-refractivity contribution in [2.75, 3.05) is 6.61 Å². The number of halogens is 1. The third kappa shape index (κ3) is 4.41. The van der Waals surface area contributed by atoms with E-state index in [4.69, 9.17) is 4.74 Å². The predicted molar refractivity (Wildman–Crippen MR) is 72.1 cm³/mol. The summed E-state index contributed by atoms with van der Waals surface area (Å²) in [6, 6.07) is 8.14. The molecule has 1 aliphatic rings. The van der Waals surface area contributed by atoms with E-state index in [1.807, 2.05) is 12.1 Å². The minimum absolute atomic E-state index is 0.250. The van der Waals surface area contributed by atoms with Crippen molar-refractivity contribution in [2.45, 2.75) is 44.3 Å². The molecule has 0 radical (unpaired) electrons. The first kappa shape index (κ1) is 13.1. The molecule has 0 aromatic heterocycles. The van der Waals surface area contributed by atoms with Gasteiger partial charge in [0, 0.05) is 11.1 Å². The number of aliphatic hydroxyl groups is 1. The van der Waals surface area contributed by atoms with Gasteiger partial charge in [0.15, 0.2) is 0 Å². The maximum absolute atomic E-state index is 9.96. The van der Waals surface area contributed by atoms with Gasteiger partial charge in [-0.05, 0) is 49.8 Å². The molecule has 1 saturated heterocycles. The molecule has 1 heterocycles. The summed E-state index contributed by atoms with van der Waals surface area (Å²) in [5, 5.41) is 9.96. The number of rotatable bonds is 5. The second kappa shape index (κ2) is 6.53. The number of hydrogen-bond donors (Lipinski definition) is 1. The summed E-state index contributed by atoms with van der Waals surface area (Å²) in [4.78, 5) is 0. The molecule has 1 aromatic carbocycles. The summed E-state index contributed by atoms with van der Waals surface area (Å²) >= 11 is 3.41. The SMILES string of the molecule is OC(CCC1CCCO1)Cc1ccc(Br)cc1. The van der Waals surface area contributed by atoms with E-state index < -0.39 is 0 Å². The van der Waals surface area contributed by atoms with Gasteiger partial charge >= 0.3 is 0 Å². The zero-order valence-corrected chi connectivity index (χ0v) is 11.5. The van der Waals surface area contributed by atoms with Crippen LogP contribution in [0.1, 0.15) is 31.2 Å². The van der Waals surface area contributed by atoms with Crippen LogP contribution in [-0.2, 0) is 11.2 Å². The minimum Gasteiger partial charge on any atom is -0.393 e. The number of ether oxygens (including phenoxy) is 1. The van der Waals surface area contributed by atoms with Crippen molar-refractivity contribution >= 4 is 15.9 Å². The normalized spacial score (nSPS) is 21.6. The summed E-state index contributed by atoms with van der Waals surface area (Å²) in [5.74, 6) is 0. The van der Waals surface area contributed by atoms with Gasteiger partial charge < -0.3 is 9.84 Å². The van der Waals surface area contributed by atoms with Gasteiger partial charge in [-0.15, -0.1) is 0 Å². The molecule has 1 aromatic rings. The second-order valence-electron chi connectivity index (χ2n) is 4.70. The molecule has 1 fully saturated rings. The summed E-state index contributed by atoms with van der Waals surface area (Å²) < 4.78 is 6.63. The quantitative estimate of drug-likeness (QED) is 0.904. The fourth-order valence-electron chi connectivity index (χ4n) is 2.24. The number of hydrogen-bond acceptors (Lipinski definition) is 2. The third-order valence-electron chi connectivity index (χ3n) is 3.23. The van der Waals surface area contributed by atoms with Crippen molar-refractivity contribution < 1.29 is 9.84 Å². The molecule has 2 rings (SSSR count). The molecular weight excluding hydrogens is 280 g/mol. The van der Waals surface area contributed by atoms with Crippen LogP contribution in [0.15, 0.2) is 28.7 Å². The van der Waals surface area contributed by atoms with Crippen molar-refractivity contribution in [3.8, 4) is 0 Å². The summed E-state index contributed by atoms with van der Waals surface area (Å²) in [7, 11) is 0. The molecule has 3 heteroatoms. The van der Waals surface area contributed by atoms with Crippen LogP contribution in [0.25, 0.3) is 0 Å². The molecule has 2 unspecified atom stereocenters. The second-order valence-corrected chi connectivity index (χ2v) is 5.61. The van der Waals surface area contributed by atoms with E-state index in [2.05, 4.69) is 28.1 Å². The van der Waals surface area contributed by atoms with Gasteiger partial charge in [0.1, 0.15) is 0 Å². The lowest BCUT2D eigenvalue weighted by atomic mass is 10.0. The molecule has 1 aliphatic heterocycles. The standard InChI is InChI=1S/C14H19BrO2/c15-12-5-3-11(4-6-12)10-13(16)7-8-14-2-1-9-17-14/h3-6,13-14,16H,1-2,7-10H2. The topological polar surface area (TPSA) is 29.5 Å². The molecule has 0 saturated carbocycles. The Bertz CT molecular complexity index is 331. The van der Waals surface area contributed by atoms with Gasteiger partial charge in [0.25, 0.3) is 0 Å². The van der Waals surface area contributed by atoms with E-state index in [0.717, 1.165) is 36.8 Å². The smallest absolute Gasteiger partial charge is 0.0581 e.